The number of carbonyl (C=O) groups excluding carboxylic acids is 2. The summed E-state index contributed by atoms with van der Waals surface area (Å²) in [5.74, 6) is 0.309. The van der Waals surface area contributed by atoms with Gasteiger partial charge in [-0.25, -0.2) is 27.0 Å². The van der Waals surface area contributed by atoms with Crippen LogP contribution in [-0.4, -0.2) is 86.4 Å². The van der Waals surface area contributed by atoms with E-state index >= 15 is 8.78 Å². The number of hydrogen-bond acceptors (Lipinski definition) is 8. The Kier molecular flexibility index (Phi) is 12.1. The predicted molar refractivity (Wildman–Crippen MR) is 223 cm³/mol. The lowest BCUT2D eigenvalue weighted by Gasteiger charge is -2.52. The molecule has 11 nitrogen and oxygen atoms in total. The number of aromatic nitrogens is 2. The molecule has 14 heteroatoms. The second kappa shape index (κ2) is 17.0. The molecule has 2 amide bonds. The Morgan fingerprint density at radius 2 is 1.78 bits per heavy atom. The molecule has 1 unspecified atom stereocenters. The number of imidazole rings is 1. The van der Waals surface area contributed by atoms with E-state index in [4.69, 9.17) is 4.74 Å². The number of alkyl carbamates (subject to hydrolysis) is 1. The average molecular weight is 819 g/mol. The highest BCUT2D eigenvalue weighted by atomic mass is 32.2. The molecular weight excluding hydrogens is 763 g/mol. The van der Waals surface area contributed by atoms with Crippen LogP contribution in [0.4, 0.5) is 25.0 Å². The van der Waals surface area contributed by atoms with Crippen LogP contribution in [0.1, 0.15) is 53.3 Å². The first-order chi connectivity index (χ1) is 27.9. The van der Waals surface area contributed by atoms with Gasteiger partial charge in [-0.15, -0.1) is 0 Å². The number of nitrogens with one attached hydrogen (secondary N) is 2. The first-order valence-electron chi connectivity index (χ1n) is 20.0. The van der Waals surface area contributed by atoms with Gasteiger partial charge in [0, 0.05) is 57.6 Å². The molecule has 2 aliphatic heterocycles. The predicted octanol–water partition coefficient (Wildman–Crippen LogP) is 7.44. The van der Waals surface area contributed by atoms with Crippen LogP contribution in [-0.2, 0) is 37.7 Å². The quantitative estimate of drug-likeness (QED) is 0.126. The molecule has 2 N–H and O–H groups in total. The molecule has 0 spiro atoms. The summed E-state index contributed by atoms with van der Waals surface area (Å²) in [6.07, 6.45) is 9.30. The Morgan fingerprint density at radius 3 is 2.47 bits per heavy atom. The minimum atomic E-state index is -3.87. The summed E-state index contributed by atoms with van der Waals surface area (Å²) in [7, 11) is -2.50. The third kappa shape index (κ3) is 8.40. The Morgan fingerprint density at radius 1 is 1.03 bits per heavy atom. The number of amides is 2. The summed E-state index contributed by atoms with van der Waals surface area (Å²) in [4.78, 5) is 33.2. The molecule has 0 bridgehead atoms. The van der Waals surface area contributed by atoms with Gasteiger partial charge < -0.3 is 24.8 Å². The third-order valence-electron chi connectivity index (χ3n) is 12.5. The highest BCUT2D eigenvalue weighted by Crippen LogP contribution is 2.52. The van der Waals surface area contributed by atoms with Gasteiger partial charge in [0.05, 0.1) is 30.0 Å². The van der Waals surface area contributed by atoms with Crippen LogP contribution in [0.2, 0.25) is 0 Å². The van der Waals surface area contributed by atoms with E-state index in [-0.39, 0.29) is 56.0 Å². The van der Waals surface area contributed by atoms with E-state index in [0.717, 1.165) is 61.7 Å². The largest absolute Gasteiger partial charge is 0.453 e. The van der Waals surface area contributed by atoms with Gasteiger partial charge >= 0.3 is 6.09 Å². The van der Waals surface area contributed by atoms with Crippen molar-refractivity contribution in [2.75, 3.05) is 50.1 Å². The van der Waals surface area contributed by atoms with E-state index in [1.807, 2.05) is 23.4 Å². The van der Waals surface area contributed by atoms with Gasteiger partial charge in [-0.3, -0.25) is 9.69 Å². The smallest absolute Gasteiger partial charge is 0.407 e. The normalized spacial score (nSPS) is 20.8. The standard InChI is InChI=1S/C44H52F2N6O5S.2H2/c1-4-40-47-21-24-51(40)30-44(32-9-6-10-33(45)25-32,38-13-8-14-39(38)49-42(54)57-3)31-19-22-50(23-20-31)27-43(46)28-52(29-43)35-15-17-36(18-16-35)58(55,56)37-12-7-11-34(26-37)48-41(53)5-2;;/h5-7,9-12,15-18,21,24-26,31,38-39H,2,4,8,13-14,19-20,22-23,27-30H2,1,3H3,(H,48,53)(H,49,54);2*1H/t38?,39-,44-;;/m0../s1. The van der Waals surface area contributed by atoms with Crippen LogP contribution in [0.25, 0.3) is 0 Å². The van der Waals surface area contributed by atoms with Gasteiger partial charge in [-0.05, 0) is 117 Å². The number of carbonyl (C=O) groups is 2. The number of alkyl halides is 1. The molecule has 2 saturated heterocycles. The summed E-state index contributed by atoms with van der Waals surface area (Å²) in [5.41, 5.74) is -0.0119. The number of aryl methyl sites for hydroxylation is 1. The fourth-order valence-corrected chi connectivity index (χ4v) is 11.0. The molecule has 58 heavy (non-hydrogen) atoms. The molecule has 1 aliphatic carbocycles. The number of likely N-dealkylation sites (tertiary alicyclic amines) is 1. The zero-order valence-electron chi connectivity index (χ0n) is 33.1. The van der Waals surface area contributed by atoms with Crippen LogP contribution >= 0.6 is 0 Å². The molecule has 4 aromatic rings. The SMILES string of the molecule is C=CC(=O)Nc1cccc(S(=O)(=O)c2ccc(N3CC(F)(CN4CCC([C@@](Cn5ccnc5CC)(c5cccc(F)c5)C5CCC[C@@H]5NC(=O)OC)CC4)C3)cc2)c1.[HH].[HH]. The fourth-order valence-electron chi connectivity index (χ4n) is 9.74. The summed E-state index contributed by atoms with van der Waals surface area (Å²) in [6, 6.07) is 19.2. The summed E-state index contributed by atoms with van der Waals surface area (Å²) < 4.78 is 65.6. The summed E-state index contributed by atoms with van der Waals surface area (Å²) >= 11 is 0. The molecule has 7 rings (SSSR count). The number of anilines is 2. The molecule has 3 aliphatic rings. The lowest BCUT2D eigenvalue weighted by atomic mass is 9.58. The van der Waals surface area contributed by atoms with E-state index in [1.54, 1.807) is 36.4 Å². The van der Waals surface area contributed by atoms with Gasteiger partial charge in [0.1, 0.15) is 11.6 Å². The van der Waals surface area contributed by atoms with Crippen molar-refractivity contribution in [2.24, 2.45) is 11.8 Å². The average Bonchev–Trinajstić information content (AvgIpc) is 3.88. The number of ether oxygens (including phenoxy) is 1. The van der Waals surface area contributed by atoms with E-state index < -0.39 is 32.9 Å². The van der Waals surface area contributed by atoms with Crippen molar-refractivity contribution in [2.45, 2.75) is 78.9 Å². The zero-order valence-corrected chi connectivity index (χ0v) is 33.9. The molecule has 1 aromatic heterocycles. The van der Waals surface area contributed by atoms with Crippen LogP contribution in [0.15, 0.2) is 108 Å². The molecule has 3 fully saturated rings. The molecule has 312 valence electrons. The van der Waals surface area contributed by atoms with Crippen LogP contribution < -0.4 is 15.5 Å². The highest BCUT2D eigenvalue weighted by molar-refractivity contribution is 7.91. The van der Waals surface area contributed by atoms with Crippen LogP contribution in [0.3, 0.4) is 0 Å². The minimum absolute atomic E-state index is 0. The fraction of sp³-hybridized carbons (Fsp3) is 0.432. The maximum Gasteiger partial charge on any atom is 0.407 e. The Hall–Kier alpha value is -5.08. The Balaban J connectivity index is 0.00000341. The van der Waals surface area contributed by atoms with Gasteiger partial charge in [-0.1, -0.05) is 38.1 Å². The summed E-state index contributed by atoms with van der Waals surface area (Å²) in [6.45, 7) is 8.05. The number of methoxy groups -OCH3 is 1. The lowest BCUT2D eigenvalue weighted by Crippen LogP contribution is -2.64. The Bertz CT molecular complexity index is 2230. The second-order valence-electron chi connectivity index (χ2n) is 15.9. The van der Waals surface area contributed by atoms with Crippen LogP contribution in [0, 0.1) is 17.7 Å². The van der Waals surface area contributed by atoms with Crippen molar-refractivity contribution < 1.29 is 34.4 Å². The number of halogens is 2. The van der Waals surface area contributed by atoms with Crippen molar-refractivity contribution in [1.82, 2.24) is 19.8 Å². The van der Waals surface area contributed by atoms with E-state index in [1.165, 1.54) is 37.4 Å². The number of sulfone groups is 1. The van der Waals surface area contributed by atoms with E-state index in [2.05, 4.69) is 38.6 Å². The van der Waals surface area contributed by atoms with E-state index in [9.17, 15) is 18.0 Å². The van der Waals surface area contributed by atoms with Crippen molar-refractivity contribution >= 4 is 33.2 Å². The molecule has 3 atom stereocenters. The zero-order chi connectivity index (χ0) is 41.1. The summed E-state index contributed by atoms with van der Waals surface area (Å²) in [5, 5.41) is 5.71. The number of nitrogens with zero attached hydrogens (tertiary/aromatic N) is 4. The first-order valence-corrected chi connectivity index (χ1v) is 21.5. The number of rotatable bonds is 14. The van der Waals surface area contributed by atoms with Crippen molar-refractivity contribution in [3.63, 3.8) is 0 Å². The third-order valence-corrected chi connectivity index (χ3v) is 14.2. The van der Waals surface area contributed by atoms with Gasteiger partial charge in [0.15, 0.2) is 5.67 Å². The molecule has 1 saturated carbocycles. The minimum Gasteiger partial charge on any atom is -0.453 e. The number of hydrogen-bond donors (Lipinski definition) is 2. The highest BCUT2D eigenvalue weighted by Gasteiger charge is 2.53. The van der Waals surface area contributed by atoms with Gasteiger partial charge in [-0.2, -0.15) is 0 Å². The molecule has 3 heterocycles. The molecule has 0 radical (unpaired) electrons. The number of benzene rings is 3. The first kappa shape index (κ1) is 41.1. The van der Waals surface area contributed by atoms with Gasteiger partial charge in [0.2, 0.25) is 15.7 Å². The van der Waals surface area contributed by atoms with E-state index in [0.29, 0.717) is 25.3 Å². The van der Waals surface area contributed by atoms with Crippen LogP contribution in [0.5, 0.6) is 0 Å². The van der Waals surface area contributed by atoms with Crippen molar-refractivity contribution in [3.8, 4) is 0 Å². The Labute approximate surface area is 342 Å². The van der Waals surface area contributed by atoms with Gasteiger partial charge in [0.25, 0.3) is 0 Å². The molecule has 3 aromatic carbocycles. The van der Waals surface area contributed by atoms with Crippen molar-refractivity contribution in [3.05, 3.63) is 115 Å². The monoisotopic (exact) mass is 818 g/mol. The number of piperidine rings is 1. The molecular formula is C44H56F2N6O5S. The topological polar surface area (TPSA) is 126 Å². The maximum absolute atomic E-state index is 16.4. The maximum atomic E-state index is 16.4. The second-order valence-corrected chi connectivity index (χ2v) is 17.9. The lowest BCUT2D eigenvalue weighted by molar-refractivity contribution is -0.111. The van der Waals surface area contributed by atoms with Crippen molar-refractivity contribution in [1.29, 1.82) is 0 Å².